The molecule has 0 spiro atoms. The lowest BCUT2D eigenvalue weighted by Gasteiger charge is -2.06. The van der Waals surface area contributed by atoms with Gasteiger partial charge in [-0.1, -0.05) is 17.7 Å². The fourth-order valence-corrected chi connectivity index (χ4v) is 2.29. The number of rotatable bonds is 2. The largest absolute Gasteiger partial charge is 0.295 e. The molecule has 0 unspecified atom stereocenters. The lowest BCUT2D eigenvalue weighted by molar-refractivity contribution is -0.117. The monoisotopic (exact) mass is 317 g/mol. The van der Waals surface area contributed by atoms with Crippen molar-refractivity contribution in [2.75, 3.05) is 6.54 Å². The van der Waals surface area contributed by atoms with Crippen LogP contribution in [-0.4, -0.2) is 34.1 Å². The number of halogens is 1. The van der Waals surface area contributed by atoms with Gasteiger partial charge in [-0.2, -0.15) is 5.10 Å². The molecule has 1 aliphatic rings. The van der Waals surface area contributed by atoms with Crippen LogP contribution in [-0.2, 0) is 4.79 Å². The molecule has 22 heavy (non-hydrogen) atoms. The van der Waals surface area contributed by atoms with E-state index in [1.807, 2.05) is 6.07 Å². The molecule has 7 nitrogen and oxygen atoms in total. The minimum atomic E-state index is -0.383. The third kappa shape index (κ3) is 2.71. The van der Waals surface area contributed by atoms with Crippen LogP contribution in [0.4, 0.5) is 0 Å². The molecule has 2 aromatic rings. The van der Waals surface area contributed by atoms with Gasteiger partial charge >= 0.3 is 0 Å². The van der Waals surface area contributed by atoms with Gasteiger partial charge in [-0.05, 0) is 25.1 Å². The van der Waals surface area contributed by atoms with E-state index in [-0.39, 0.29) is 24.3 Å². The highest BCUT2D eigenvalue weighted by atomic mass is 35.5. The van der Waals surface area contributed by atoms with Crippen LogP contribution in [0.1, 0.15) is 16.1 Å². The van der Waals surface area contributed by atoms with E-state index in [2.05, 4.69) is 20.7 Å². The zero-order valence-corrected chi connectivity index (χ0v) is 12.4. The summed E-state index contributed by atoms with van der Waals surface area (Å²) in [5, 5.41) is 9.79. The molecule has 1 aromatic heterocycles. The first kappa shape index (κ1) is 14.3. The first-order chi connectivity index (χ1) is 10.5. The summed E-state index contributed by atoms with van der Waals surface area (Å²) >= 11 is 5.97. The first-order valence-electron chi connectivity index (χ1n) is 6.51. The van der Waals surface area contributed by atoms with Crippen LogP contribution in [0.15, 0.2) is 35.5 Å². The van der Waals surface area contributed by atoms with Gasteiger partial charge in [-0.15, -0.1) is 0 Å². The summed E-state index contributed by atoms with van der Waals surface area (Å²) in [6.45, 7) is 1.80. The van der Waals surface area contributed by atoms with E-state index in [1.54, 1.807) is 29.8 Å². The number of aliphatic imine (C=N–C) groups is 1. The molecule has 0 atom stereocenters. The van der Waals surface area contributed by atoms with Crippen molar-refractivity contribution in [3.05, 3.63) is 46.7 Å². The molecule has 3 rings (SSSR count). The van der Waals surface area contributed by atoms with Gasteiger partial charge in [-0.3, -0.25) is 20.2 Å². The first-order valence-corrected chi connectivity index (χ1v) is 6.88. The van der Waals surface area contributed by atoms with E-state index < -0.39 is 0 Å². The van der Waals surface area contributed by atoms with Crippen LogP contribution in [0.2, 0.25) is 5.02 Å². The summed E-state index contributed by atoms with van der Waals surface area (Å²) in [6.07, 6.45) is 1.46. The van der Waals surface area contributed by atoms with Crippen molar-refractivity contribution in [2.24, 2.45) is 4.99 Å². The Morgan fingerprint density at radius 3 is 2.95 bits per heavy atom. The molecule has 0 radical (unpaired) electrons. The molecule has 0 fully saturated rings. The van der Waals surface area contributed by atoms with E-state index in [0.717, 1.165) is 5.69 Å². The van der Waals surface area contributed by atoms with Crippen LogP contribution in [0, 0.1) is 6.92 Å². The second kappa shape index (κ2) is 5.61. The number of benzene rings is 1. The highest BCUT2D eigenvalue weighted by Crippen LogP contribution is 2.17. The van der Waals surface area contributed by atoms with E-state index in [9.17, 15) is 9.59 Å². The van der Waals surface area contributed by atoms with Gasteiger partial charge in [-0.25, -0.2) is 9.67 Å². The molecule has 112 valence electrons. The Morgan fingerprint density at radius 2 is 2.27 bits per heavy atom. The lowest BCUT2D eigenvalue weighted by Crippen LogP contribution is -2.40. The van der Waals surface area contributed by atoms with Gasteiger partial charge in [0, 0.05) is 5.02 Å². The van der Waals surface area contributed by atoms with Crippen molar-refractivity contribution in [1.82, 2.24) is 20.4 Å². The van der Waals surface area contributed by atoms with Crippen LogP contribution in [0.3, 0.4) is 0 Å². The standard InChI is InChI=1S/C14H12ClN5O2/c1-8-11(13(22)19-14-16-7-12(21)18-14)6-17-20(8)10-4-2-3-9(15)5-10/h2-6H,7H2,1H3,(H2,16,18,19,21,22). The second-order valence-corrected chi connectivity index (χ2v) is 5.14. The van der Waals surface area contributed by atoms with Crippen LogP contribution in [0.5, 0.6) is 0 Å². The Bertz CT molecular complexity index is 796. The summed E-state index contributed by atoms with van der Waals surface area (Å²) < 4.78 is 1.62. The number of guanidine groups is 1. The van der Waals surface area contributed by atoms with Crippen LogP contribution >= 0.6 is 11.6 Å². The van der Waals surface area contributed by atoms with E-state index in [0.29, 0.717) is 16.3 Å². The van der Waals surface area contributed by atoms with E-state index in [4.69, 9.17) is 11.6 Å². The van der Waals surface area contributed by atoms with Gasteiger partial charge in [0.15, 0.2) is 0 Å². The average Bonchev–Trinajstić information content (AvgIpc) is 3.05. The number of carbonyl (C=O) groups is 2. The fourth-order valence-electron chi connectivity index (χ4n) is 2.11. The predicted molar refractivity (Wildman–Crippen MR) is 81.2 cm³/mol. The maximum absolute atomic E-state index is 12.2. The zero-order valence-electron chi connectivity index (χ0n) is 11.6. The Kier molecular flexibility index (Phi) is 3.64. The Morgan fingerprint density at radius 1 is 1.45 bits per heavy atom. The number of amides is 2. The summed E-state index contributed by atoms with van der Waals surface area (Å²) in [7, 11) is 0. The zero-order chi connectivity index (χ0) is 15.7. The van der Waals surface area contributed by atoms with Gasteiger partial charge < -0.3 is 0 Å². The Hall–Kier alpha value is -2.67. The maximum Gasteiger partial charge on any atom is 0.261 e. The van der Waals surface area contributed by atoms with Crippen molar-refractivity contribution in [3.63, 3.8) is 0 Å². The van der Waals surface area contributed by atoms with E-state index >= 15 is 0 Å². The number of hydrogen-bond acceptors (Lipinski definition) is 4. The SMILES string of the molecule is Cc1c(C(=O)NC2=NCC(=O)N2)cnn1-c1cccc(Cl)c1. The Balaban J connectivity index is 1.84. The predicted octanol–water partition coefficient (Wildman–Crippen LogP) is 1.05. The number of carbonyl (C=O) groups excluding carboxylic acids is 2. The van der Waals surface area contributed by atoms with Crippen LogP contribution in [0.25, 0.3) is 5.69 Å². The van der Waals surface area contributed by atoms with Crippen molar-refractivity contribution < 1.29 is 9.59 Å². The normalized spacial score (nSPS) is 13.7. The molecule has 8 heteroatoms. The van der Waals surface area contributed by atoms with Crippen molar-refractivity contribution in [2.45, 2.75) is 6.92 Å². The van der Waals surface area contributed by atoms with Gasteiger partial charge in [0.05, 0.1) is 23.1 Å². The van der Waals surface area contributed by atoms with Crippen molar-refractivity contribution >= 4 is 29.4 Å². The minimum Gasteiger partial charge on any atom is -0.295 e. The van der Waals surface area contributed by atoms with E-state index in [1.165, 1.54) is 6.20 Å². The molecular formula is C14H12ClN5O2. The van der Waals surface area contributed by atoms with Gasteiger partial charge in [0.25, 0.3) is 5.91 Å². The summed E-state index contributed by atoms with van der Waals surface area (Å²) in [5.74, 6) is -0.474. The summed E-state index contributed by atoms with van der Waals surface area (Å²) in [6, 6.07) is 7.17. The number of hydrogen-bond donors (Lipinski definition) is 2. The lowest BCUT2D eigenvalue weighted by atomic mass is 10.2. The van der Waals surface area contributed by atoms with Crippen molar-refractivity contribution in [3.8, 4) is 5.69 Å². The minimum absolute atomic E-state index is 0.0242. The molecule has 1 aliphatic heterocycles. The van der Waals surface area contributed by atoms with Gasteiger partial charge in [0.2, 0.25) is 11.9 Å². The third-order valence-electron chi connectivity index (χ3n) is 3.18. The fraction of sp³-hybridized carbons (Fsp3) is 0.143. The smallest absolute Gasteiger partial charge is 0.261 e. The van der Waals surface area contributed by atoms with Crippen LogP contribution < -0.4 is 10.6 Å². The molecule has 0 bridgehead atoms. The average molecular weight is 318 g/mol. The third-order valence-corrected chi connectivity index (χ3v) is 3.41. The Labute approximate surface area is 131 Å². The maximum atomic E-state index is 12.2. The number of aromatic nitrogens is 2. The molecule has 0 saturated carbocycles. The van der Waals surface area contributed by atoms with Gasteiger partial charge in [0.1, 0.15) is 6.54 Å². The molecular weight excluding hydrogens is 306 g/mol. The highest BCUT2D eigenvalue weighted by Gasteiger charge is 2.20. The molecule has 0 aliphatic carbocycles. The number of nitrogens with one attached hydrogen (secondary N) is 2. The second-order valence-electron chi connectivity index (χ2n) is 4.70. The molecule has 1 aromatic carbocycles. The molecule has 2 N–H and O–H groups in total. The molecule has 2 amide bonds. The summed E-state index contributed by atoms with van der Waals surface area (Å²) in [5.41, 5.74) is 1.81. The molecule has 0 saturated heterocycles. The quantitative estimate of drug-likeness (QED) is 0.867. The van der Waals surface area contributed by atoms with Crippen molar-refractivity contribution in [1.29, 1.82) is 0 Å². The highest BCUT2D eigenvalue weighted by molar-refractivity contribution is 6.30. The molecule has 2 heterocycles. The number of nitrogens with zero attached hydrogens (tertiary/aromatic N) is 3. The summed E-state index contributed by atoms with van der Waals surface area (Å²) in [4.78, 5) is 27.1. The topological polar surface area (TPSA) is 88.4 Å².